The predicted molar refractivity (Wildman–Crippen MR) is 79.2 cm³/mol. The van der Waals surface area contributed by atoms with Gasteiger partial charge in [-0.25, -0.2) is 0 Å². The molecular formula is C17H17ClO. The van der Waals surface area contributed by atoms with E-state index in [4.69, 9.17) is 16.3 Å². The van der Waals surface area contributed by atoms with Crippen molar-refractivity contribution in [2.24, 2.45) is 0 Å². The van der Waals surface area contributed by atoms with Crippen molar-refractivity contribution < 1.29 is 4.74 Å². The molecule has 0 radical (unpaired) electrons. The summed E-state index contributed by atoms with van der Waals surface area (Å²) in [4.78, 5) is 0. The van der Waals surface area contributed by atoms with Crippen LogP contribution >= 0.6 is 11.6 Å². The molecule has 2 aromatic rings. The quantitative estimate of drug-likeness (QED) is 0.762. The van der Waals surface area contributed by atoms with Gasteiger partial charge in [0.2, 0.25) is 0 Å². The molecule has 0 aromatic heterocycles. The van der Waals surface area contributed by atoms with Crippen molar-refractivity contribution in [3.05, 3.63) is 64.2 Å². The second-order valence-electron chi connectivity index (χ2n) is 5.06. The van der Waals surface area contributed by atoms with E-state index >= 15 is 0 Å². The zero-order valence-electron chi connectivity index (χ0n) is 11.0. The Hall–Kier alpha value is -1.47. The summed E-state index contributed by atoms with van der Waals surface area (Å²) in [6.07, 6.45) is 3.61. The van der Waals surface area contributed by atoms with Gasteiger partial charge in [0.15, 0.2) is 0 Å². The smallest absolute Gasteiger partial charge is 0.119 e. The topological polar surface area (TPSA) is 9.23 Å². The van der Waals surface area contributed by atoms with Gasteiger partial charge in [-0.2, -0.15) is 0 Å². The van der Waals surface area contributed by atoms with Crippen molar-refractivity contribution >= 4 is 11.6 Å². The first-order chi connectivity index (χ1) is 9.28. The number of fused-ring (bicyclic) bond motifs is 1. The lowest BCUT2D eigenvalue weighted by atomic mass is 9.79. The van der Waals surface area contributed by atoms with E-state index < -0.39 is 0 Å². The first kappa shape index (κ1) is 12.6. The van der Waals surface area contributed by atoms with Crippen LogP contribution in [0.4, 0.5) is 0 Å². The molecule has 0 saturated carbocycles. The van der Waals surface area contributed by atoms with E-state index in [1.165, 1.54) is 36.0 Å². The first-order valence-electron chi connectivity index (χ1n) is 6.70. The summed E-state index contributed by atoms with van der Waals surface area (Å²) < 4.78 is 5.36. The van der Waals surface area contributed by atoms with Gasteiger partial charge < -0.3 is 4.74 Å². The molecule has 2 aromatic carbocycles. The molecule has 0 heterocycles. The first-order valence-corrected chi connectivity index (χ1v) is 7.08. The highest BCUT2D eigenvalue weighted by atomic mass is 35.5. The monoisotopic (exact) mass is 272 g/mol. The van der Waals surface area contributed by atoms with Gasteiger partial charge in [-0.3, -0.25) is 0 Å². The number of benzene rings is 2. The molecule has 2 heteroatoms. The summed E-state index contributed by atoms with van der Waals surface area (Å²) in [7, 11) is 1.72. The van der Waals surface area contributed by atoms with Crippen LogP contribution in [0.2, 0.25) is 5.02 Å². The number of aryl methyl sites for hydroxylation is 1. The minimum Gasteiger partial charge on any atom is -0.497 e. The number of hydrogen-bond donors (Lipinski definition) is 0. The van der Waals surface area contributed by atoms with E-state index in [1.54, 1.807) is 7.11 Å². The summed E-state index contributed by atoms with van der Waals surface area (Å²) in [6, 6.07) is 14.7. The Bertz CT molecular complexity index is 574. The summed E-state index contributed by atoms with van der Waals surface area (Å²) >= 11 is 5.98. The number of methoxy groups -OCH3 is 1. The Balaban J connectivity index is 2.03. The van der Waals surface area contributed by atoms with E-state index in [1.807, 2.05) is 12.1 Å². The van der Waals surface area contributed by atoms with Gasteiger partial charge in [-0.05, 0) is 60.2 Å². The van der Waals surface area contributed by atoms with Crippen molar-refractivity contribution in [2.45, 2.75) is 25.2 Å². The molecule has 0 spiro atoms. The molecule has 0 amide bonds. The van der Waals surface area contributed by atoms with Crippen molar-refractivity contribution in [1.82, 2.24) is 0 Å². The third kappa shape index (κ3) is 2.48. The fourth-order valence-corrected chi connectivity index (χ4v) is 3.07. The zero-order valence-corrected chi connectivity index (χ0v) is 11.8. The summed E-state index contributed by atoms with van der Waals surface area (Å²) in [5, 5.41) is 0.797. The van der Waals surface area contributed by atoms with Gasteiger partial charge in [-0.1, -0.05) is 29.8 Å². The summed E-state index contributed by atoms with van der Waals surface area (Å²) in [5.74, 6) is 1.41. The zero-order chi connectivity index (χ0) is 13.2. The lowest BCUT2D eigenvalue weighted by Gasteiger charge is -2.26. The number of hydrogen-bond acceptors (Lipinski definition) is 1. The van der Waals surface area contributed by atoms with Crippen LogP contribution in [0.1, 0.15) is 35.4 Å². The minimum absolute atomic E-state index is 0.469. The van der Waals surface area contributed by atoms with E-state index in [9.17, 15) is 0 Å². The average molecular weight is 273 g/mol. The fraction of sp³-hybridized carbons (Fsp3) is 0.294. The van der Waals surface area contributed by atoms with Gasteiger partial charge in [-0.15, -0.1) is 0 Å². The Morgan fingerprint density at radius 3 is 2.63 bits per heavy atom. The van der Waals surface area contributed by atoms with Crippen LogP contribution in [-0.4, -0.2) is 7.11 Å². The van der Waals surface area contributed by atoms with Crippen molar-refractivity contribution in [3.63, 3.8) is 0 Å². The highest BCUT2D eigenvalue weighted by Crippen LogP contribution is 2.38. The number of rotatable bonds is 2. The molecule has 0 N–H and O–H groups in total. The molecule has 19 heavy (non-hydrogen) atoms. The lowest BCUT2D eigenvalue weighted by Crippen LogP contribution is -2.11. The predicted octanol–water partition coefficient (Wildman–Crippen LogP) is 4.82. The largest absolute Gasteiger partial charge is 0.497 e. The number of ether oxygens (including phenoxy) is 1. The van der Waals surface area contributed by atoms with Gasteiger partial charge in [0.1, 0.15) is 5.75 Å². The molecule has 3 rings (SSSR count). The summed E-state index contributed by atoms with van der Waals surface area (Å²) in [6.45, 7) is 0. The van der Waals surface area contributed by atoms with Crippen LogP contribution < -0.4 is 4.74 Å². The molecule has 1 aliphatic carbocycles. The van der Waals surface area contributed by atoms with E-state index in [0.717, 1.165) is 10.8 Å². The molecule has 1 nitrogen and oxygen atoms in total. The van der Waals surface area contributed by atoms with Gasteiger partial charge >= 0.3 is 0 Å². The van der Waals surface area contributed by atoms with Crippen LogP contribution in [0.5, 0.6) is 5.75 Å². The van der Waals surface area contributed by atoms with Crippen LogP contribution in [0.15, 0.2) is 42.5 Å². The van der Waals surface area contributed by atoms with Gasteiger partial charge in [0.25, 0.3) is 0 Å². The normalized spacial score (nSPS) is 17.9. The molecule has 0 fully saturated rings. The molecule has 98 valence electrons. The fourth-order valence-electron chi connectivity index (χ4n) is 2.95. The highest BCUT2D eigenvalue weighted by Gasteiger charge is 2.22. The SMILES string of the molecule is COc1ccc2c(c1)C(c1ccc(Cl)cc1)CCC2. The van der Waals surface area contributed by atoms with Gasteiger partial charge in [0, 0.05) is 10.9 Å². The highest BCUT2D eigenvalue weighted by molar-refractivity contribution is 6.30. The van der Waals surface area contributed by atoms with Gasteiger partial charge in [0.05, 0.1) is 7.11 Å². The number of halogens is 1. The van der Waals surface area contributed by atoms with Crippen molar-refractivity contribution in [1.29, 1.82) is 0 Å². The molecular weight excluding hydrogens is 256 g/mol. The minimum atomic E-state index is 0.469. The molecule has 0 saturated heterocycles. The van der Waals surface area contributed by atoms with Crippen LogP contribution in [0.3, 0.4) is 0 Å². The van der Waals surface area contributed by atoms with E-state index in [0.29, 0.717) is 5.92 Å². The maximum absolute atomic E-state index is 5.98. The van der Waals surface area contributed by atoms with E-state index in [-0.39, 0.29) is 0 Å². The molecule has 0 bridgehead atoms. The average Bonchev–Trinajstić information content (AvgIpc) is 2.47. The maximum Gasteiger partial charge on any atom is 0.119 e. The Labute approximate surface area is 119 Å². The maximum atomic E-state index is 5.98. The lowest BCUT2D eigenvalue weighted by molar-refractivity contribution is 0.413. The molecule has 1 atom stereocenters. The second kappa shape index (κ2) is 5.26. The Morgan fingerprint density at radius 1 is 1.11 bits per heavy atom. The second-order valence-corrected chi connectivity index (χ2v) is 5.50. The molecule has 0 aliphatic heterocycles. The van der Waals surface area contributed by atoms with E-state index in [2.05, 4.69) is 30.3 Å². The summed E-state index contributed by atoms with van der Waals surface area (Å²) in [5.41, 5.74) is 4.21. The van der Waals surface area contributed by atoms with Crippen molar-refractivity contribution in [3.8, 4) is 5.75 Å². The molecule has 1 aliphatic rings. The molecule has 1 unspecified atom stereocenters. The third-order valence-corrected chi connectivity index (χ3v) is 4.19. The Kier molecular flexibility index (Phi) is 3.48. The standard InChI is InChI=1S/C17H17ClO/c1-19-15-10-7-12-3-2-4-16(17(12)11-15)13-5-8-14(18)9-6-13/h5-11,16H,2-4H2,1H3. The van der Waals surface area contributed by atoms with Crippen LogP contribution in [0, 0.1) is 0 Å². The Morgan fingerprint density at radius 2 is 1.89 bits per heavy atom. The third-order valence-electron chi connectivity index (χ3n) is 3.94. The van der Waals surface area contributed by atoms with Crippen LogP contribution in [-0.2, 0) is 6.42 Å². The van der Waals surface area contributed by atoms with Crippen molar-refractivity contribution in [2.75, 3.05) is 7.11 Å². The van der Waals surface area contributed by atoms with Crippen LogP contribution in [0.25, 0.3) is 0 Å².